The van der Waals surface area contributed by atoms with Crippen LogP contribution in [-0.4, -0.2) is 79.0 Å². The summed E-state index contributed by atoms with van der Waals surface area (Å²) in [5.41, 5.74) is 2.40. The topological polar surface area (TPSA) is 84.6 Å². The third-order valence-electron chi connectivity index (χ3n) is 5.53. The second-order valence-corrected chi connectivity index (χ2v) is 7.96. The zero-order valence-corrected chi connectivity index (χ0v) is 18.8. The van der Waals surface area contributed by atoms with E-state index in [0.717, 1.165) is 29.9 Å². The van der Waals surface area contributed by atoms with Crippen molar-refractivity contribution in [1.82, 2.24) is 19.8 Å². The zero-order chi connectivity index (χ0) is 22.4. The number of rotatable bonds is 8. The predicted octanol–water partition coefficient (Wildman–Crippen LogP) is 2.02. The van der Waals surface area contributed by atoms with Gasteiger partial charge in [0.05, 0.1) is 0 Å². The summed E-state index contributed by atoms with van der Waals surface area (Å²) in [6.07, 6.45) is 7.84. The monoisotopic (exact) mass is 424 g/mol. The molecule has 2 aromatic rings. The Bertz CT molecular complexity index is 984. The number of H-pyrrole nitrogens is 1. The first-order valence-electron chi connectivity index (χ1n) is 10.7. The van der Waals surface area contributed by atoms with Crippen molar-refractivity contribution in [1.29, 1.82) is 0 Å². The number of likely N-dealkylation sites (tertiary alicyclic amines) is 1. The molecule has 0 aromatic carbocycles. The molecule has 1 aliphatic rings. The largest absolute Gasteiger partial charge is 0.373 e. The number of anilines is 2. The van der Waals surface area contributed by atoms with E-state index in [1.54, 1.807) is 18.5 Å². The van der Waals surface area contributed by atoms with Crippen LogP contribution >= 0.6 is 0 Å². The minimum Gasteiger partial charge on any atom is -0.373 e. The average molecular weight is 425 g/mol. The molecule has 8 nitrogen and oxygen atoms in total. The summed E-state index contributed by atoms with van der Waals surface area (Å²) in [6.45, 7) is 4.77. The molecular weight excluding hydrogens is 392 g/mol. The van der Waals surface area contributed by atoms with Gasteiger partial charge in [0.25, 0.3) is 5.56 Å². The molecule has 0 spiro atoms. The van der Waals surface area contributed by atoms with Crippen molar-refractivity contribution in [2.45, 2.75) is 19.4 Å². The minimum absolute atomic E-state index is 0.0273. The molecule has 8 heteroatoms. The Balaban J connectivity index is 1.79. The summed E-state index contributed by atoms with van der Waals surface area (Å²) in [5.74, 6) is 0.796. The lowest BCUT2D eigenvalue weighted by Crippen LogP contribution is -2.41. The van der Waals surface area contributed by atoms with Crippen molar-refractivity contribution in [3.63, 3.8) is 0 Å². The maximum Gasteiger partial charge on any atom is 0.271 e. The number of pyridine rings is 2. The van der Waals surface area contributed by atoms with Gasteiger partial charge in [-0.05, 0) is 51.2 Å². The molecule has 31 heavy (non-hydrogen) atoms. The van der Waals surface area contributed by atoms with Crippen LogP contribution in [0, 0.1) is 0 Å². The van der Waals surface area contributed by atoms with Gasteiger partial charge in [0.15, 0.2) is 0 Å². The van der Waals surface area contributed by atoms with Crippen molar-refractivity contribution in [3.05, 3.63) is 53.1 Å². The van der Waals surface area contributed by atoms with Crippen LogP contribution < -0.4 is 15.8 Å². The Morgan fingerprint density at radius 2 is 2.16 bits per heavy atom. The van der Waals surface area contributed by atoms with Crippen LogP contribution in [0.2, 0.25) is 0 Å². The van der Waals surface area contributed by atoms with Gasteiger partial charge in [-0.1, -0.05) is 6.08 Å². The molecule has 2 aromatic heterocycles. The summed E-state index contributed by atoms with van der Waals surface area (Å²) in [7, 11) is 5.76. The Labute approximate surface area is 183 Å². The van der Waals surface area contributed by atoms with Gasteiger partial charge >= 0.3 is 0 Å². The van der Waals surface area contributed by atoms with Crippen LogP contribution in [0.1, 0.15) is 13.3 Å². The second-order valence-electron chi connectivity index (χ2n) is 7.96. The molecule has 2 N–H and O–H groups in total. The molecule has 0 bridgehead atoms. The Hall–Kier alpha value is -3.13. The van der Waals surface area contributed by atoms with Gasteiger partial charge in [0.2, 0.25) is 5.91 Å². The number of nitrogens with one attached hydrogen (secondary N) is 2. The number of aromatic amines is 1. The number of aromatic nitrogens is 2. The number of nitrogens with zero attached hydrogens (tertiary/aromatic N) is 4. The lowest BCUT2D eigenvalue weighted by Gasteiger charge is -2.29. The van der Waals surface area contributed by atoms with E-state index in [9.17, 15) is 9.59 Å². The summed E-state index contributed by atoms with van der Waals surface area (Å²) in [6, 6.07) is 5.91. The van der Waals surface area contributed by atoms with Gasteiger partial charge in [-0.3, -0.25) is 9.59 Å². The highest BCUT2D eigenvalue weighted by molar-refractivity contribution is 5.88. The van der Waals surface area contributed by atoms with Crippen LogP contribution in [0.4, 0.5) is 11.5 Å². The van der Waals surface area contributed by atoms with E-state index in [1.807, 2.05) is 62.1 Å². The normalized spacial score (nSPS) is 16.3. The average Bonchev–Trinajstić information content (AvgIpc) is 3.25. The smallest absolute Gasteiger partial charge is 0.271 e. The summed E-state index contributed by atoms with van der Waals surface area (Å²) < 4.78 is 0. The van der Waals surface area contributed by atoms with Gasteiger partial charge in [0.1, 0.15) is 11.5 Å². The first-order chi connectivity index (χ1) is 14.9. The standard InChI is InChI=1S/C23H32N6O2/c1-5-29(19-9-12-28(16-19)22(30)7-6-11-27(3)4)20-13-18(15-26-23(20)31)17-8-10-25-21(14-17)24-2/h6-8,10,13-15,19H,5,9,11-12,16H2,1-4H3,(H,24,25)(H,26,31)/b7-6+/t19-/m1/s1. The molecule has 0 unspecified atom stereocenters. The number of hydrogen-bond donors (Lipinski definition) is 2. The van der Waals surface area contributed by atoms with Crippen molar-refractivity contribution in [2.24, 2.45) is 0 Å². The van der Waals surface area contributed by atoms with Crippen LogP contribution in [0.15, 0.2) is 47.5 Å². The van der Waals surface area contributed by atoms with Crippen molar-refractivity contribution in [3.8, 4) is 11.1 Å². The number of carbonyl (C=O) groups is 1. The van der Waals surface area contributed by atoms with Gasteiger partial charge < -0.3 is 25.0 Å². The van der Waals surface area contributed by atoms with Crippen molar-refractivity contribution >= 4 is 17.4 Å². The van der Waals surface area contributed by atoms with E-state index in [2.05, 4.69) is 20.2 Å². The molecule has 0 aliphatic carbocycles. The molecule has 0 radical (unpaired) electrons. The third-order valence-corrected chi connectivity index (χ3v) is 5.53. The van der Waals surface area contributed by atoms with E-state index in [0.29, 0.717) is 25.3 Å². The highest BCUT2D eigenvalue weighted by Crippen LogP contribution is 2.26. The molecule has 3 heterocycles. The Morgan fingerprint density at radius 3 is 2.87 bits per heavy atom. The van der Waals surface area contributed by atoms with Gasteiger partial charge in [-0.15, -0.1) is 0 Å². The zero-order valence-electron chi connectivity index (χ0n) is 18.8. The fourth-order valence-corrected chi connectivity index (χ4v) is 3.89. The first-order valence-corrected chi connectivity index (χ1v) is 10.7. The van der Waals surface area contributed by atoms with Gasteiger partial charge in [-0.2, -0.15) is 0 Å². The summed E-state index contributed by atoms with van der Waals surface area (Å²) >= 11 is 0. The molecule has 166 valence electrons. The van der Waals surface area contributed by atoms with E-state index in [1.165, 1.54) is 0 Å². The van der Waals surface area contributed by atoms with E-state index in [-0.39, 0.29) is 17.5 Å². The number of amides is 1. The van der Waals surface area contributed by atoms with E-state index in [4.69, 9.17) is 0 Å². The van der Waals surface area contributed by atoms with E-state index >= 15 is 0 Å². The molecule has 3 rings (SSSR count). The van der Waals surface area contributed by atoms with Crippen LogP contribution in [-0.2, 0) is 4.79 Å². The molecule has 1 aliphatic heterocycles. The van der Waals surface area contributed by atoms with Crippen molar-refractivity contribution < 1.29 is 4.79 Å². The molecular formula is C23H32N6O2. The maximum atomic E-state index is 12.7. The van der Waals surface area contributed by atoms with Crippen molar-refractivity contribution in [2.75, 3.05) is 57.5 Å². The molecule has 1 atom stereocenters. The van der Waals surface area contributed by atoms with Gasteiger partial charge in [-0.25, -0.2) is 4.98 Å². The quantitative estimate of drug-likeness (QED) is 0.631. The van der Waals surface area contributed by atoms with Crippen LogP contribution in [0.25, 0.3) is 11.1 Å². The number of likely N-dealkylation sites (N-methyl/N-ethyl adjacent to an activating group) is 2. The molecule has 1 fully saturated rings. The molecule has 1 amide bonds. The maximum absolute atomic E-state index is 12.7. The minimum atomic E-state index is -0.121. The Kier molecular flexibility index (Phi) is 7.46. The van der Waals surface area contributed by atoms with Crippen LogP contribution in [0.3, 0.4) is 0 Å². The summed E-state index contributed by atoms with van der Waals surface area (Å²) in [4.78, 5) is 38.3. The number of hydrogen-bond acceptors (Lipinski definition) is 6. The SMILES string of the molecule is CCN(c1cc(-c2ccnc(NC)c2)c[nH]c1=O)[C@@H]1CCN(C(=O)/C=C/CN(C)C)C1. The number of carbonyl (C=O) groups excluding carboxylic acids is 1. The Morgan fingerprint density at radius 1 is 1.35 bits per heavy atom. The fraction of sp³-hybridized carbons (Fsp3) is 0.435. The summed E-state index contributed by atoms with van der Waals surface area (Å²) in [5, 5.41) is 3.04. The predicted molar refractivity (Wildman–Crippen MR) is 126 cm³/mol. The molecule has 1 saturated heterocycles. The lowest BCUT2D eigenvalue weighted by molar-refractivity contribution is -0.125. The highest BCUT2D eigenvalue weighted by atomic mass is 16.2. The van der Waals surface area contributed by atoms with E-state index < -0.39 is 0 Å². The lowest BCUT2D eigenvalue weighted by atomic mass is 10.1. The second kappa shape index (κ2) is 10.3. The van der Waals surface area contributed by atoms with Crippen LogP contribution in [0.5, 0.6) is 0 Å². The fourth-order valence-electron chi connectivity index (χ4n) is 3.89. The third kappa shape index (κ3) is 5.52. The molecule has 0 saturated carbocycles. The van der Waals surface area contributed by atoms with Gasteiger partial charge in [0, 0.05) is 63.3 Å². The first kappa shape index (κ1) is 22.6. The highest BCUT2D eigenvalue weighted by Gasteiger charge is 2.30.